The maximum Gasteiger partial charge on any atom is 0.261 e. The highest BCUT2D eigenvalue weighted by molar-refractivity contribution is 7.92. The molecule has 0 bridgehead atoms. The van der Waals surface area contributed by atoms with E-state index in [2.05, 4.69) is 10.0 Å². The van der Waals surface area contributed by atoms with Crippen LogP contribution in [0.5, 0.6) is 5.75 Å². The SMILES string of the molecule is O=S(=O)(Nc1ccc2c(c1)CCC(CNC[C@H](O)c1cccc(Cl)c1)O2)c1ccccc1. The van der Waals surface area contributed by atoms with E-state index in [1.807, 2.05) is 18.2 Å². The number of benzene rings is 3. The third-order valence-corrected chi connectivity index (χ3v) is 6.97. The summed E-state index contributed by atoms with van der Waals surface area (Å²) in [5, 5.41) is 14.2. The van der Waals surface area contributed by atoms with E-state index in [9.17, 15) is 13.5 Å². The van der Waals surface area contributed by atoms with Crippen molar-refractivity contribution in [1.29, 1.82) is 0 Å². The molecule has 2 atom stereocenters. The standard InChI is InChI=1S/C24H25ClN2O4S/c25-19-6-4-5-17(13-19)23(28)16-26-15-21-11-9-18-14-20(10-12-24(18)31-21)27-32(29,30)22-7-2-1-3-8-22/h1-8,10,12-14,21,23,26-28H,9,11,15-16H2/t21?,23-/m0/s1. The van der Waals surface area contributed by atoms with Crippen LogP contribution in [0.25, 0.3) is 0 Å². The lowest BCUT2D eigenvalue weighted by molar-refractivity contribution is 0.146. The Morgan fingerprint density at radius 2 is 1.88 bits per heavy atom. The van der Waals surface area contributed by atoms with Gasteiger partial charge in [0.25, 0.3) is 10.0 Å². The Balaban J connectivity index is 1.32. The molecule has 0 saturated carbocycles. The Bertz CT molecular complexity index is 1170. The molecular formula is C24H25ClN2O4S. The summed E-state index contributed by atoms with van der Waals surface area (Å²) in [6.07, 6.45) is 0.896. The number of anilines is 1. The molecule has 3 aromatic carbocycles. The molecule has 3 N–H and O–H groups in total. The lowest BCUT2D eigenvalue weighted by atomic mass is 10.0. The molecule has 0 fully saturated rings. The lowest BCUT2D eigenvalue weighted by Crippen LogP contribution is -2.36. The summed E-state index contributed by atoms with van der Waals surface area (Å²) in [5.41, 5.74) is 2.25. The number of halogens is 1. The Kier molecular flexibility index (Phi) is 7.01. The molecule has 3 aromatic rings. The fourth-order valence-electron chi connectivity index (χ4n) is 3.68. The molecule has 1 aliphatic heterocycles. The first-order valence-corrected chi connectivity index (χ1v) is 12.3. The summed E-state index contributed by atoms with van der Waals surface area (Å²) >= 11 is 5.98. The van der Waals surface area contributed by atoms with E-state index in [0.717, 1.165) is 29.7 Å². The summed E-state index contributed by atoms with van der Waals surface area (Å²) in [5.74, 6) is 0.751. The van der Waals surface area contributed by atoms with E-state index < -0.39 is 16.1 Å². The van der Waals surface area contributed by atoms with Crippen molar-refractivity contribution >= 4 is 27.3 Å². The maximum atomic E-state index is 12.5. The van der Waals surface area contributed by atoms with Gasteiger partial charge < -0.3 is 15.2 Å². The topological polar surface area (TPSA) is 87.7 Å². The molecule has 32 heavy (non-hydrogen) atoms. The zero-order valence-electron chi connectivity index (χ0n) is 17.4. The number of aryl methyl sites for hydroxylation is 1. The molecule has 0 amide bonds. The van der Waals surface area contributed by atoms with Crippen LogP contribution in [0.15, 0.2) is 77.7 Å². The van der Waals surface area contributed by atoms with Gasteiger partial charge in [-0.15, -0.1) is 0 Å². The van der Waals surface area contributed by atoms with Gasteiger partial charge in [0, 0.05) is 23.8 Å². The number of nitrogens with one attached hydrogen (secondary N) is 2. The Hall–Kier alpha value is -2.58. The van der Waals surface area contributed by atoms with Gasteiger partial charge in [-0.2, -0.15) is 0 Å². The second-order valence-corrected chi connectivity index (χ2v) is 9.87. The number of ether oxygens (including phenoxy) is 1. The van der Waals surface area contributed by atoms with Crippen LogP contribution < -0.4 is 14.8 Å². The number of sulfonamides is 1. The normalized spacial score (nSPS) is 16.6. The Morgan fingerprint density at radius 3 is 2.66 bits per heavy atom. The third-order valence-electron chi connectivity index (χ3n) is 5.34. The van der Waals surface area contributed by atoms with Gasteiger partial charge in [0.2, 0.25) is 0 Å². The van der Waals surface area contributed by atoms with Crippen molar-refractivity contribution in [2.24, 2.45) is 0 Å². The van der Waals surface area contributed by atoms with Crippen molar-refractivity contribution in [3.05, 3.63) is 88.9 Å². The minimum Gasteiger partial charge on any atom is -0.489 e. The molecule has 0 aliphatic carbocycles. The van der Waals surface area contributed by atoms with E-state index in [-0.39, 0.29) is 11.0 Å². The number of hydrogen-bond donors (Lipinski definition) is 3. The van der Waals surface area contributed by atoms with Gasteiger partial charge in [-0.1, -0.05) is 41.9 Å². The lowest BCUT2D eigenvalue weighted by Gasteiger charge is -2.27. The highest BCUT2D eigenvalue weighted by Gasteiger charge is 2.21. The summed E-state index contributed by atoms with van der Waals surface area (Å²) in [4.78, 5) is 0.222. The molecule has 1 unspecified atom stereocenters. The number of aliphatic hydroxyl groups excluding tert-OH is 1. The van der Waals surface area contributed by atoms with Crippen molar-refractivity contribution in [3.8, 4) is 5.75 Å². The number of hydrogen-bond acceptors (Lipinski definition) is 5. The second-order valence-electron chi connectivity index (χ2n) is 7.75. The van der Waals surface area contributed by atoms with E-state index in [4.69, 9.17) is 16.3 Å². The van der Waals surface area contributed by atoms with Crippen LogP contribution >= 0.6 is 11.6 Å². The summed E-state index contributed by atoms with van der Waals surface area (Å²) < 4.78 is 33.8. The minimum atomic E-state index is -3.63. The van der Waals surface area contributed by atoms with Crippen molar-refractivity contribution < 1.29 is 18.3 Å². The molecule has 8 heteroatoms. The third kappa shape index (κ3) is 5.61. The van der Waals surface area contributed by atoms with Gasteiger partial charge in [0.15, 0.2) is 0 Å². The summed E-state index contributed by atoms with van der Waals surface area (Å²) in [6.45, 7) is 0.993. The predicted octanol–water partition coefficient (Wildman–Crippen LogP) is 4.16. The summed E-state index contributed by atoms with van der Waals surface area (Å²) in [7, 11) is -3.63. The van der Waals surface area contributed by atoms with Crippen LogP contribution in [0.2, 0.25) is 5.02 Å². The van der Waals surface area contributed by atoms with Gasteiger partial charge in [-0.25, -0.2) is 8.42 Å². The highest BCUT2D eigenvalue weighted by Crippen LogP contribution is 2.31. The van der Waals surface area contributed by atoms with Crippen LogP contribution in [-0.4, -0.2) is 32.7 Å². The zero-order chi connectivity index (χ0) is 22.6. The molecule has 168 valence electrons. The van der Waals surface area contributed by atoms with Crippen LogP contribution in [-0.2, 0) is 16.4 Å². The second kappa shape index (κ2) is 9.92. The largest absolute Gasteiger partial charge is 0.489 e. The fraction of sp³-hybridized carbons (Fsp3) is 0.250. The zero-order valence-corrected chi connectivity index (χ0v) is 18.9. The van der Waals surface area contributed by atoms with Crippen LogP contribution in [0, 0.1) is 0 Å². The average Bonchev–Trinajstić information content (AvgIpc) is 2.79. The molecular weight excluding hydrogens is 448 g/mol. The van der Waals surface area contributed by atoms with Gasteiger partial charge in [0.05, 0.1) is 11.0 Å². The van der Waals surface area contributed by atoms with Crippen molar-refractivity contribution in [3.63, 3.8) is 0 Å². The van der Waals surface area contributed by atoms with Crippen LogP contribution in [0.3, 0.4) is 0 Å². The first-order chi connectivity index (χ1) is 15.4. The van der Waals surface area contributed by atoms with Crippen LogP contribution in [0.4, 0.5) is 5.69 Å². The number of rotatable bonds is 8. The van der Waals surface area contributed by atoms with Gasteiger partial charge in [-0.3, -0.25) is 4.72 Å². The van der Waals surface area contributed by atoms with Crippen LogP contribution in [0.1, 0.15) is 23.7 Å². The Morgan fingerprint density at radius 1 is 1.06 bits per heavy atom. The fourth-order valence-corrected chi connectivity index (χ4v) is 4.95. The molecule has 0 radical (unpaired) electrons. The maximum absolute atomic E-state index is 12.5. The van der Waals surface area contributed by atoms with Gasteiger partial charge in [0.1, 0.15) is 11.9 Å². The molecule has 0 spiro atoms. The molecule has 1 aliphatic rings. The Labute approximate surface area is 193 Å². The predicted molar refractivity (Wildman–Crippen MR) is 126 cm³/mol. The van der Waals surface area contributed by atoms with Crippen molar-refractivity contribution in [2.75, 3.05) is 17.8 Å². The number of aliphatic hydroxyl groups is 1. The van der Waals surface area contributed by atoms with Gasteiger partial charge >= 0.3 is 0 Å². The molecule has 4 rings (SSSR count). The monoisotopic (exact) mass is 472 g/mol. The highest BCUT2D eigenvalue weighted by atomic mass is 35.5. The minimum absolute atomic E-state index is 0.0269. The summed E-state index contributed by atoms with van der Waals surface area (Å²) in [6, 6.07) is 20.8. The first-order valence-electron chi connectivity index (χ1n) is 10.4. The first kappa shape index (κ1) is 22.6. The van der Waals surface area contributed by atoms with E-state index >= 15 is 0 Å². The molecule has 6 nitrogen and oxygen atoms in total. The van der Waals surface area contributed by atoms with E-state index in [0.29, 0.717) is 23.8 Å². The van der Waals surface area contributed by atoms with Gasteiger partial charge in [-0.05, 0) is 66.4 Å². The molecule has 1 heterocycles. The average molecular weight is 473 g/mol. The molecule has 0 saturated heterocycles. The van der Waals surface area contributed by atoms with Crippen molar-refractivity contribution in [2.45, 2.75) is 29.9 Å². The smallest absolute Gasteiger partial charge is 0.261 e. The van der Waals surface area contributed by atoms with E-state index in [1.54, 1.807) is 54.6 Å². The quantitative estimate of drug-likeness (QED) is 0.458. The van der Waals surface area contributed by atoms with E-state index in [1.165, 1.54) is 0 Å². The van der Waals surface area contributed by atoms with Crippen molar-refractivity contribution in [1.82, 2.24) is 5.32 Å². The molecule has 0 aromatic heterocycles. The number of fused-ring (bicyclic) bond motifs is 1.